The van der Waals surface area contributed by atoms with E-state index in [2.05, 4.69) is 0 Å². The minimum Gasteiger partial charge on any atom is -0.489 e. The van der Waals surface area contributed by atoms with Gasteiger partial charge in [-0.15, -0.1) is 0 Å². The van der Waals surface area contributed by atoms with Crippen LogP contribution in [0, 0.1) is 6.92 Å². The molecule has 0 saturated carbocycles. The summed E-state index contributed by atoms with van der Waals surface area (Å²) in [6.07, 6.45) is 4.60. The molecule has 0 bridgehead atoms. The molecule has 0 aliphatic carbocycles. The van der Waals surface area contributed by atoms with Gasteiger partial charge in [0.1, 0.15) is 17.9 Å². The number of ether oxygens (including phenoxy) is 2. The summed E-state index contributed by atoms with van der Waals surface area (Å²) in [6.45, 7) is 2.20. The summed E-state index contributed by atoms with van der Waals surface area (Å²) in [5.74, 6) is 0.300. The van der Waals surface area contributed by atoms with Gasteiger partial charge in [0, 0.05) is 23.9 Å². The van der Waals surface area contributed by atoms with Gasteiger partial charge in [-0.3, -0.25) is 4.79 Å². The zero-order chi connectivity index (χ0) is 19.9. The fourth-order valence-electron chi connectivity index (χ4n) is 2.95. The van der Waals surface area contributed by atoms with Crippen LogP contribution in [0.25, 0.3) is 17.0 Å². The van der Waals surface area contributed by atoms with Gasteiger partial charge >= 0.3 is 11.6 Å². The number of methoxy groups -OCH3 is 1. The van der Waals surface area contributed by atoms with E-state index in [-0.39, 0.29) is 12.4 Å². The van der Waals surface area contributed by atoms with Crippen molar-refractivity contribution < 1.29 is 18.7 Å². The highest BCUT2D eigenvalue weighted by molar-refractivity contribution is 5.83. The lowest BCUT2D eigenvalue weighted by molar-refractivity contribution is -0.140. The molecule has 0 fully saturated rings. The summed E-state index contributed by atoms with van der Waals surface area (Å²) in [5, 5.41) is 0.826. The molecule has 0 aliphatic heterocycles. The van der Waals surface area contributed by atoms with E-state index in [1.165, 1.54) is 13.2 Å². The van der Waals surface area contributed by atoms with Crippen molar-refractivity contribution >= 4 is 23.0 Å². The zero-order valence-electron chi connectivity index (χ0n) is 15.9. The van der Waals surface area contributed by atoms with Crippen molar-refractivity contribution in [2.24, 2.45) is 0 Å². The van der Waals surface area contributed by atoms with E-state index in [0.29, 0.717) is 24.4 Å². The largest absolute Gasteiger partial charge is 0.489 e. The molecular weight excluding hydrogens is 356 g/mol. The molecule has 0 saturated heterocycles. The van der Waals surface area contributed by atoms with Crippen LogP contribution < -0.4 is 10.4 Å². The minimum atomic E-state index is -0.401. The molecule has 0 unspecified atom stereocenters. The molecule has 0 aliphatic rings. The van der Waals surface area contributed by atoms with Gasteiger partial charge < -0.3 is 13.9 Å². The highest BCUT2D eigenvalue weighted by atomic mass is 16.5. The first-order valence-electron chi connectivity index (χ1n) is 9.05. The molecular formula is C23H22O5. The van der Waals surface area contributed by atoms with E-state index >= 15 is 0 Å². The van der Waals surface area contributed by atoms with Crippen molar-refractivity contribution in [2.75, 3.05) is 13.7 Å². The van der Waals surface area contributed by atoms with Crippen molar-refractivity contribution in [3.8, 4) is 5.75 Å². The molecule has 1 aromatic heterocycles. The molecule has 0 amide bonds. The second-order valence-electron chi connectivity index (χ2n) is 6.40. The first kappa shape index (κ1) is 19.4. The molecule has 5 heteroatoms. The second kappa shape index (κ2) is 9.04. The molecule has 5 nitrogen and oxygen atoms in total. The smallest absolute Gasteiger partial charge is 0.336 e. The Morgan fingerprint density at radius 1 is 1.14 bits per heavy atom. The van der Waals surface area contributed by atoms with E-state index in [4.69, 9.17) is 13.9 Å². The first-order valence-corrected chi connectivity index (χ1v) is 9.05. The fourth-order valence-corrected chi connectivity index (χ4v) is 2.95. The molecule has 3 rings (SSSR count). The number of hydrogen-bond acceptors (Lipinski definition) is 5. The van der Waals surface area contributed by atoms with Gasteiger partial charge in [0.25, 0.3) is 0 Å². The van der Waals surface area contributed by atoms with Gasteiger partial charge in [0.2, 0.25) is 0 Å². The fraction of sp³-hybridized carbons (Fsp3) is 0.217. The maximum Gasteiger partial charge on any atom is 0.336 e. The van der Waals surface area contributed by atoms with Crippen LogP contribution >= 0.6 is 0 Å². The minimum absolute atomic E-state index is 0.244. The Bertz CT molecular complexity index is 1050. The Morgan fingerprint density at radius 2 is 1.93 bits per heavy atom. The summed E-state index contributed by atoms with van der Waals surface area (Å²) in [6, 6.07) is 15.0. The molecule has 2 aromatic carbocycles. The molecule has 0 spiro atoms. The predicted molar refractivity (Wildman–Crippen MR) is 109 cm³/mol. The number of carbonyl (C=O) groups excluding carboxylic acids is 1. The van der Waals surface area contributed by atoms with Gasteiger partial charge in [-0.1, -0.05) is 36.4 Å². The summed E-state index contributed by atoms with van der Waals surface area (Å²) in [5.41, 5.74) is 2.83. The van der Waals surface area contributed by atoms with Gasteiger partial charge in [-0.05, 0) is 42.2 Å². The molecule has 0 radical (unpaired) electrons. The average Bonchev–Trinajstić information content (AvgIpc) is 2.70. The Hall–Kier alpha value is -3.34. The monoisotopic (exact) mass is 378 g/mol. The van der Waals surface area contributed by atoms with Crippen LogP contribution in [0.2, 0.25) is 0 Å². The first-order chi connectivity index (χ1) is 13.6. The number of benzene rings is 2. The Kier molecular flexibility index (Phi) is 6.27. The number of esters is 1. The van der Waals surface area contributed by atoms with Crippen molar-refractivity contribution in [1.82, 2.24) is 0 Å². The normalized spacial score (nSPS) is 11.1. The number of fused-ring (bicyclic) bond motifs is 1. The van der Waals surface area contributed by atoms with Gasteiger partial charge in [0.15, 0.2) is 0 Å². The van der Waals surface area contributed by atoms with Gasteiger partial charge in [-0.2, -0.15) is 0 Å². The second-order valence-corrected chi connectivity index (χ2v) is 6.40. The zero-order valence-corrected chi connectivity index (χ0v) is 15.9. The van der Waals surface area contributed by atoms with Crippen molar-refractivity contribution in [3.05, 3.63) is 81.7 Å². The van der Waals surface area contributed by atoms with Crippen LogP contribution in [0.3, 0.4) is 0 Å². The maximum atomic E-state index is 11.7. The SMILES string of the molecule is COC(=O)CCc1cc2c(C)cc(=O)oc2cc1OC/C=C/c1ccccc1. The third-order valence-electron chi connectivity index (χ3n) is 4.40. The maximum absolute atomic E-state index is 11.7. The molecule has 1 heterocycles. The van der Waals surface area contributed by atoms with Crippen LogP contribution in [0.5, 0.6) is 5.75 Å². The summed E-state index contributed by atoms with van der Waals surface area (Å²) in [4.78, 5) is 23.2. The molecule has 3 aromatic rings. The predicted octanol–water partition coefficient (Wildman–Crippen LogP) is 4.30. The Labute approximate surface area is 163 Å². The van der Waals surface area contributed by atoms with E-state index in [0.717, 1.165) is 22.1 Å². The van der Waals surface area contributed by atoms with Crippen molar-refractivity contribution in [1.29, 1.82) is 0 Å². The highest BCUT2D eigenvalue weighted by Crippen LogP contribution is 2.28. The number of carbonyl (C=O) groups is 1. The van der Waals surface area contributed by atoms with E-state index in [1.807, 2.05) is 55.5 Å². The van der Waals surface area contributed by atoms with Crippen molar-refractivity contribution in [2.45, 2.75) is 19.8 Å². The van der Waals surface area contributed by atoms with E-state index < -0.39 is 5.63 Å². The van der Waals surface area contributed by atoms with Crippen LogP contribution in [-0.2, 0) is 16.0 Å². The summed E-state index contributed by atoms with van der Waals surface area (Å²) in [7, 11) is 1.37. The van der Waals surface area contributed by atoms with Crippen LogP contribution in [0.1, 0.15) is 23.1 Å². The lowest BCUT2D eigenvalue weighted by atomic mass is 10.0. The average molecular weight is 378 g/mol. The summed E-state index contributed by atoms with van der Waals surface area (Å²) >= 11 is 0. The van der Waals surface area contributed by atoms with E-state index in [9.17, 15) is 9.59 Å². The van der Waals surface area contributed by atoms with Crippen LogP contribution in [0.15, 0.2) is 63.8 Å². The van der Waals surface area contributed by atoms with E-state index in [1.54, 1.807) is 6.07 Å². The molecule has 28 heavy (non-hydrogen) atoms. The van der Waals surface area contributed by atoms with Gasteiger partial charge in [-0.25, -0.2) is 4.79 Å². The van der Waals surface area contributed by atoms with Gasteiger partial charge in [0.05, 0.1) is 7.11 Å². The highest BCUT2D eigenvalue weighted by Gasteiger charge is 2.12. The van der Waals surface area contributed by atoms with Crippen LogP contribution in [-0.4, -0.2) is 19.7 Å². The quantitative estimate of drug-likeness (QED) is 0.453. The molecule has 0 N–H and O–H groups in total. The Balaban J connectivity index is 1.85. The standard InChI is InChI=1S/C23H22O5/c1-16-13-23(25)28-21-15-20(18(14-19(16)21)10-11-22(24)26-2)27-12-6-9-17-7-4-3-5-8-17/h3-9,13-15H,10-12H2,1-2H3/b9-6+. The topological polar surface area (TPSA) is 65.7 Å². The third-order valence-corrected chi connectivity index (χ3v) is 4.40. The lowest BCUT2D eigenvalue weighted by Crippen LogP contribution is -2.05. The number of hydrogen-bond donors (Lipinski definition) is 0. The van der Waals surface area contributed by atoms with Crippen molar-refractivity contribution in [3.63, 3.8) is 0 Å². The van der Waals surface area contributed by atoms with Crippen LogP contribution in [0.4, 0.5) is 0 Å². The molecule has 144 valence electrons. The Morgan fingerprint density at radius 3 is 2.68 bits per heavy atom. The lowest BCUT2D eigenvalue weighted by Gasteiger charge is -2.12. The number of rotatable bonds is 7. The third kappa shape index (κ3) is 4.88. The molecule has 0 atom stereocenters. The number of aryl methyl sites for hydroxylation is 2. The summed E-state index contributed by atoms with van der Waals surface area (Å²) < 4.78 is 16.0.